The summed E-state index contributed by atoms with van der Waals surface area (Å²) in [5.74, 6) is 1.79. The van der Waals surface area contributed by atoms with E-state index < -0.39 is 6.10 Å². The van der Waals surface area contributed by atoms with Crippen molar-refractivity contribution in [2.75, 3.05) is 0 Å². The molecule has 1 N–H and O–H groups in total. The highest BCUT2D eigenvalue weighted by atomic mass is 32.2. The second-order valence-corrected chi connectivity index (χ2v) is 27.3. The third-order valence-electron chi connectivity index (χ3n) is 17.3. The molecule has 1 saturated carbocycles. The summed E-state index contributed by atoms with van der Waals surface area (Å²) in [6, 6.07) is 94.7. The molecule has 0 atom stereocenters. The molecule has 0 amide bonds. The predicted octanol–water partition coefficient (Wildman–Crippen LogP) is 25.1. The third kappa shape index (κ3) is 23.7. The topological polar surface area (TPSA) is 29.5 Å². The van der Waals surface area contributed by atoms with Crippen molar-refractivity contribution >= 4 is 11.8 Å². The van der Waals surface area contributed by atoms with E-state index >= 15 is 0 Å². The Labute approximate surface area is 558 Å². The second kappa shape index (κ2) is 36.1. The maximum Gasteiger partial charge on any atom is 0.143 e. The summed E-state index contributed by atoms with van der Waals surface area (Å²) >= 11 is 1.80. The molecule has 1 aliphatic rings. The van der Waals surface area contributed by atoms with Crippen LogP contribution in [0.15, 0.2) is 277 Å². The van der Waals surface area contributed by atoms with Gasteiger partial charge >= 0.3 is 0 Å². The molecule has 3 heteroatoms. The average Bonchev–Trinajstić information content (AvgIpc) is 0.866. The first kappa shape index (κ1) is 71.1. The Morgan fingerprint density at radius 2 is 0.587 bits per heavy atom. The zero-order valence-electron chi connectivity index (χ0n) is 57.4. The molecule has 474 valence electrons. The van der Waals surface area contributed by atoms with Gasteiger partial charge in [0, 0.05) is 15.2 Å². The van der Waals surface area contributed by atoms with Crippen LogP contribution in [0.1, 0.15) is 159 Å². The van der Waals surface area contributed by atoms with E-state index in [1.165, 1.54) is 130 Å². The maximum atomic E-state index is 9.07. The minimum absolute atomic E-state index is 0.0708. The highest BCUT2D eigenvalue weighted by Gasteiger charge is 2.23. The highest BCUT2D eigenvalue weighted by molar-refractivity contribution is 7.99. The molecule has 0 aromatic heterocycles. The van der Waals surface area contributed by atoms with Gasteiger partial charge in [-0.25, -0.2) is 4.89 Å². The fourth-order valence-electron chi connectivity index (χ4n) is 10.8. The van der Waals surface area contributed by atoms with Crippen LogP contribution >= 0.6 is 11.8 Å². The normalized spacial score (nSPS) is 13.2. The standard InChI is InChI=1S/C17H20.C15H16O2.C15H16.C14H14S.C14H20.C14H14/c1-13-5-9-15(10-6-13)17(3,4)16-11-7-14(2)8-12-16;1-11-3-7-13(8-4-11)15(17-16)14-9-5-12(2)6-10-14;1-12-3-7-14(8-4-12)11-15-9-5-13(2)6-10-15;1-11-3-7-13(8-4-11)15-14-9-5-12(2)6-10-14;2*1-11-3-7-13(8-4-11)14-9-5-12(2)6-10-14/h5-12H,1-4H3;3-10,15-16H,1-2H3;3-10H,11H2,1-2H3;3-10H,1-2H3;3-4,7-8,12,14H,5-6,9-10H2,1-2H3;3-10H,1-2H3. The number of rotatable bonds is 11. The minimum atomic E-state index is -0.420. The smallest absolute Gasteiger partial charge is 0.143 e. The Morgan fingerprint density at radius 3 is 0.880 bits per heavy atom. The lowest BCUT2D eigenvalue weighted by Crippen LogP contribution is -2.18. The molecule has 0 spiro atoms. The Hall–Kier alpha value is -8.31. The molecule has 1 fully saturated rings. The molecule has 11 aromatic rings. The Balaban J connectivity index is 0.000000157. The van der Waals surface area contributed by atoms with Crippen molar-refractivity contribution in [1.82, 2.24) is 0 Å². The summed E-state index contributed by atoms with van der Waals surface area (Å²) in [5, 5.41) is 9.07. The van der Waals surface area contributed by atoms with Crippen molar-refractivity contribution in [3.63, 3.8) is 0 Å². The van der Waals surface area contributed by atoms with Crippen LogP contribution < -0.4 is 0 Å². The largest absolute Gasteiger partial charge is 0.251 e. The van der Waals surface area contributed by atoms with Crippen molar-refractivity contribution in [3.8, 4) is 11.1 Å². The molecule has 2 nitrogen and oxygen atoms in total. The second-order valence-electron chi connectivity index (χ2n) is 26.1. The first-order chi connectivity index (χ1) is 44.2. The van der Waals surface area contributed by atoms with Crippen molar-refractivity contribution in [1.29, 1.82) is 0 Å². The Kier molecular flexibility index (Phi) is 27.9. The lowest BCUT2D eigenvalue weighted by molar-refractivity contribution is -0.270. The van der Waals surface area contributed by atoms with Gasteiger partial charge in [-0.1, -0.05) is 349 Å². The van der Waals surface area contributed by atoms with E-state index in [-0.39, 0.29) is 5.41 Å². The van der Waals surface area contributed by atoms with Gasteiger partial charge in [0.25, 0.3) is 0 Å². The van der Waals surface area contributed by atoms with Gasteiger partial charge in [-0.3, -0.25) is 5.26 Å². The van der Waals surface area contributed by atoms with Gasteiger partial charge in [0.2, 0.25) is 0 Å². The number of benzene rings is 11. The van der Waals surface area contributed by atoms with E-state index in [0.717, 1.165) is 29.4 Å². The SMILES string of the molecule is Cc1ccc(-c2ccc(C)cc2)cc1.Cc1ccc(C(C)(C)c2ccc(C)cc2)cc1.Cc1ccc(C(OO)c2ccc(C)cc2)cc1.Cc1ccc(C2CCC(C)CC2)cc1.Cc1ccc(Cc2ccc(C)cc2)cc1.Cc1ccc(Sc2ccc(C)cc2)cc1. The van der Waals surface area contributed by atoms with Crippen LogP contribution in [0.3, 0.4) is 0 Å². The predicted molar refractivity (Wildman–Crippen MR) is 397 cm³/mol. The number of hydrogen-bond acceptors (Lipinski definition) is 3. The van der Waals surface area contributed by atoms with Crippen LogP contribution in [-0.2, 0) is 16.7 Å². The summed E-state index contributed by atoms with van der Waals surface area (Å²) in [6.07, 6.45) is 6.22. The number of aryl methyl sites for hydroxylation is 11. The summed E-state index contributed by atoms with van der Waals surface area (Å²) in [4.78, 5) is 7.19. The van der Waals surface area contributed by atoms with Crippen LogP contribution in [0.25, 0.3) is 11.1 Å². The van der Waals surface area contributed by atoms with Gasteiger partial charge in [-0.05, 0) is 182 Å². The minimum Gasteiger partial charge on any atom is -0.251 e. The van der Waals surface area contributed by atoms with E-state index in [1.807, 2.05) is 62.4 Å². The molecule has 0 aliphatic heterocycles. The highest BCUT2D eigenvalue weighted by Crippen LogP contribution is 2.36. The molecule has 0 radical (unpaired) electrons. The number of hydrogen-bond donors (Lipinski definition) is 1. The lowest BCUT2D eigenvalue weighted by atomic mass is 9.78. The van der Waals surface area contributed by atoms with Gasteiger partial charge in [-0.15, -0.1) is 0 Å². The molecule has 0 unspecified atom stereocenters. The first-order valence-corrected chi connectivity index (χ1v) is 33.7. The molecular formula is C89H100O2S. The van der Waals surface area contributed by atoms with Crippen LogP contribution in [0.5, 0.6) is 0 Å². The van der Waals surface area contributed by atoms with Crippen molar-refractivity contribution in [3.05, 3.63) is 367 Å². The maximum absolute atomic E-state index is 9.07. The van der Waals surface area contributed by atoms with Crippen LogP contribution in [-0.4, -0.2) is 5.26 Å². The van der Waals surface area contributed by atoms with E-state index in [9.17, 15) is 0 Å². The lowest BCUT2D eigenvalue weighted by Gasteiger charge is -2.26. The molecule has 0 heterocycles. The van der Waals surface area contributed by atoms with Crippen LogP contribution in [0.2, 0.25) is 0 Å². The van der Waals surface area contributed by atoms with Crippen LogP contribution in [0, 0.1) is 82.1 Å². The molecule has 0 bridgehead atoms. The molecular weight excluding hydrogens is 1130 g/mol. The average molecular weight is 1230 g/mol. The first-order valence-electron chi connectivity index (χ1n) is 32.9. The molecule has 1 aliphatic carbocycles. The third-order valence-corrected chi connectivity index (χ3v) is 18.4. The molecule has 0 saturated heterocycles. The zero-order chi connectivity index (χ0) is 66.0. The van der Waals surface area contributed by atoms with Crippen molar-refractivity contribution < 1.29 is 10.1 Å². The van der Waals surface area contributed by atoms with Crippen molar-refractivity contribution in [2.45, 2.75) is 156 Å². The van der Waals surface area contributed by atoms with Gasteiger partial charge < -0.3 is 0 Å². The van der Waals surface area contributed by atoms with E-state index in [0.29, 0.717) is 0 Å². The monoisotopic (exact) mass is 1230 g/mol. The summed E-state index contributed by atoms with van der Waals surface area (Å²) in [7, 11) is 0. The molecule has 11 aromatic carbocycles. The summed E-state index contributed by atoms with van der Waals surface area (Å²) in [6.45, 7) is 30.1. The van der Waals surface area contributed by atoms with Crippen molar-refractivity contribution in [2.24, 2.45) is 5.92 Å². The van der Waals surface area contributed by atoms with Gasteiger partial charge in [0.05, 0.1) is 0 Å². The van der Waals surface area contributed by atoms with Gasteiger partial charge in [0.1, 0.15) is 6.10 Å². The van der Waals surface area contributed by atoms with Gasteiger partial charge in [0.15, 0.2) is 0 Å². The summed E-state index contributed by atoms with van der Waals surface area (Å²) in [5.41, 5.74) is 25.8. The molecule has 12 rings (SSSR count). The summed E-state index contributed by atoms with van der Waals surface area (Å²) < 4.78 is 0. The Bertz CT molecular complexity index is 3530. The Morgan fingerprint density at radius 1 is 0.337 bits per heavy atom. The van der Waals surface area contributed by atoms with E-state index in [4.69, 9.17) is 5.26 Å². The fourth-order valence-corrected chi connectivity index (χ4v) is 11.6. The van der Waals surface area contributed by atoms with Gasteiger partial charge in [-0.2, -0.15) is 0 Å². The van der Waals surface area contributed by atoms with E-state index in [1.54, 1.807) is 17.3 Å². The quantitative estimate of drug-likeness (QED) is 0.103. The fraction of sp³-hybridized carbons (Fsp3) is 0.258. The zero-order valence-corrected chi connectivity index (χ0v) is 58.3. The van der Waals surface area contributed by atoms with Crippen LogP contribution in [0.4, 0.5) is 0 Å². The van der Waals surface area contributed by atoms with E-state index in [2.05, 4.69) is 306 Å². The molecule has 92 heavy (non-hydrogen) atoms.